The number of hydrogen-bond acceptors (Lipinski definition) is 2. The average Bonchev–Trinajstić information content (AvgIpc) is 2.03. The molecule has 0 aliphatic rings. The molecule has 14 heavy (non-hydrogen) atoms. The molecule has 1 unspecified atom stereocenters. The molecule has 0 fully saturated rings. The van der Waals surface area contributed by atoms with Crippen molar-refractivity contribution in [3.63, 3.8) is 0 Å². The molecule has 0 N–H and O–H groups in total. The van der Waals surface area contributed by atoms with Crippen molar-refractivity contribution in [2.75, 3.05) is 0 Å². The summed E-state index contributed by atoms with van der Waals surface area (Å²) in [5.41, 5.74) is -0.213. The van der Waals surface area contributed by atoms with Crippen molar-refractivity contribution in [2.24, 2.45) is 5.41 Å². The van der Waals surface area contributed by atoms with Crippen molar-refractivity contribution in [1.29, 1.82) is 0 Å². The van der Waals surface area contributed by atoms with Crippen molar-refractivity contribution in [3.05, 3.63) is 0 Å². The number of carbonyl (C=O) groups excluding carboxylic acids is 1. The molecule has 0 saturated heterocycles. The molecule has 2 heteroatoms. The molecule has 0 saturated carbocycles. The van der Waals surface area contributed by atoms with E-state index in [0.29, 0.717) is 5.12 Å². The van der Waals surface area contributed by atoms with E-state index < -0.39 is 0 Å². The molecule has 0 aromatic rings. The third kappa shape index (κ3) is 4.50. The van der Waals surface area contributed by atoms with Gasteiger partial charge >= 0.3 is 0 Å². The number of carbonyl (C=O) groups is 1. The summed E-state index contributed by atoms with van der Waals surface area (Å²) in [5.74, 6) is 0. The highest BCUT2D eigenvalue weighted by atomic mass is 32.2. The van der Waals surface area contributed by atoms with Gasteiger partial charge in [-0.15, -0.1) is 0 Å². The van der Waals surface area contributed by atoms with Crippen molar-refractivity contribution >= 4 is 16.9 Å². The van der Waals surface area contributed by atoms with Crippen LogP contribution in [0.3, 0.4) is 0 Å². The SMILES string of the molecule is CCCC(C)(CC)SC(=O)C(C)(C)C. The smallest absolute Gasteiger partial charge is 0.194 e. The minimum atomic E-state index is -0.213. The zero-order chi connectivity index (χ0) is 11.4. The van der Waals surface area contributed by atoms with Gasteiger partial charge < -0.3 is 0 Å². The lowest BCUT2D eigenvalue weighted by Crippen LogP contribution is -2.26. The largest absolute Gasteiger partial charge is 0.287 e. The first-order valence-corrected chi connectivity index (χ1v) is 6.30. The second kappa shape index (κ2) is 5.20. The monoisotopic (exact) mass is 216 g/mol. The van der Waals surface area contributed by atoms with Gasteiger partial charge in [0.15, 0.2) is 5.12 Å². The first kappa shape index (κ1) is 14.0. The van der Waals surface area contributed by atoms with Gasteiger partial charge in [-0.1, -0.05) is 52.8 Å². The van der Waals surface area contributed by atoms with Crippen molar-refractivity contribution in [2.45, 2.75) is 65.6 Å². The molecular formula is C12H24OS. The lowest BCUT2D eigenvalue weighted by Gasteiger charge is -2.29. The summed E-state index contributed by atoms with van der Waals surface area (Å²) in [6, 6.07) is 0. The van der Waals surface area contributed by atoms with E-state index in [9.17, 15) is 4.79 Å². The molecule has 1 nitrogen and oxygen atoms in total. The highest BCUT2D eigenvalue weighted by Gasteiger charge is 2.31. The third-order valence-corrected chi connectivity index (χ3v) is 4.26. The van der Waals surface area contributed by atoms with Crippen molar-refractivity contribution in [3.8, 4) is 0 Å². The van der Waals surface area contributed by atoms with Gasteiger partial charge in [0.1, 0.15) is 0 Å². The van der Waals surface area contributed by atoms with Crippen LogP contribution in [0, 0.1) is 5.41 Å². The van der Waals surface area contributed by atoms with Crippen LogP contribution >= 0.6 is 11.8 Å². The second-order valence-corrected chi connectivity index (χ2v) is 6.75. The molecule has 0 rings (SSSR count). The summed E-state index contributed by atoms with van der Waals surface area (Å²) in [5, 5.41) is 0.315. The zero-order valence-corrected chi connectivity index (χ0v) is 11.3. The van der Waals surface area contributed by atoms with Gasteiger partial charge in [-0.3, -0.25) is 4.79 Å². The molecule has 0 bridgehead atoms. The standard InChI is InChI=1S/C12H24OS/c1-7-9-12(6,8-2)14-10(13)11(3,4)5/h7-9H2,1-6H3. The van der Waals surface area contributed by atoms with E-state index in [-0.39, 0.29) is 10.2 Å². The number of rotatable bonds is 4. The Kier molecular flexibility index (Phi) is 5.21. The highest BCUT2D eigenvalue weighted by Crippen LogP contribution is 2.38. The normalized spacial score (nSPS) is 16.4. The summed E-state index contributed by atoms with van der Waals surface area (Å²) in [7, 11) is 0. The van der Waals surface area contributed by atoms with Crippen LogP contribution in [0.1, 0.15) is 60.8 Å². The van der Waals surface area contributed by atoms with E-state index in [0.717, 1.165) is 19.3 Å². The van der Waals surface area contributed by atoms with Crippen molar-refractivity contribution in [1.82, 2.24) is 0 Å². The Balaban J connectivity index is 4.39. The summed E-state index contributed by atoms with van der Waals surface area (Å²) < 4.78 is 0.138. The van der Waals surface area contributed by atoms with Crippen molar-refractivity contribution < 1.29 is 4.79 Å². The Morgan fingerprint density at radius 3 is 1.93 bits per heavy atom. The molecule has 0 aliphatic carbocycles. The Morgan fingerprint density at radius 1 is 1.14 bits per heavy atom. The van der Waals surface area contributed by atoms with Gasteiger partial charge in [0.2, 0.25) is 0 Å². The maximum Gasteiger partial charge on any atom is 0.194 e. The van der Waals surface area contributed by atoms with Crippen LogP contribution in [0.2, 0.25) is 0 Å². The van der Waals surface area contributed by atoms with Gasteiger partial charge in [-0.05, 0) is 19.8 Å². The highest BCUT2D eigenvalue weighted by molar-refractivity contribution is 8.14. The first-order valence-electron chi connectivity index (χ1n) is 5.48. The van der Waals surface area contributed by atoms with Crippen LogP contribution in [-0.4, -0.2) is 9.86 Å². The summed E-state index contributed by atoms with van der Waals surface area (Å²) in [6.07, 6.45) is 3.33. The Bertz CT molecular complexity index is 193. The predicted octanol–water partition coefficient (Wildman–Crippen LogP) is 4.26. The van der Waals surface area contributed by atoms with Gasteiger partial charge in [-0.2, -0.15) is 0 Å². The molecular weight excluding hydrogens is 192 g/mol. The lowest BCUT2D eigenvalue weighted by atomic mass is 9.99. The number of thioether (sulfide) groups is 1. The van der Waals surface area contributed by atoms with Crippen LogP contribution in [0.5, 0.6) is 0 Å². The van der Waals surface area contributed by atoms with Gasteiger partial charge in [-0.25, -0.2) is 0 Å². The fraction of sp³-hybridized carbons (Fsp3) is 0.917. The second-order valence-electron chi connectivity index (χ2n) is 5.19. The molecule has 0 aromatic carbocycles. The molecule has 0 spiro atoms. The maximum absolute atomic E-state index is 11.9. The topological polar surface area (TPSA) is 17.1 Å². The average molecular weight is 216 g/mol. The fourth-order valence-corrected chi connectivity index (χ4v) is 2.41. The van der Waals surface area contributed by atoms with Gasteiger partial charge in [0.25, 0.3) is 0 Å². The van der Waals surface area contributed by atoms with Crippen LogP contribution < -0.4 is 0 Å². The van der Waals surface area contributed by atoms with Crippen LogP contribution in [0.25, 0.3) is 0 Å². The Morgan fingerprint density at radius 2 is 1.64 bits per heavy atom. The summed E-state index contributed by atoms with van der Waals surface area (Å²) in [4.78, 5) is 11.9. The fourth-order valence-electron chi connectivity index (χ4n) is 1.21. The van der Waals surface area contributed by atoms with E-state index in [1.54, 1.807) is 0 Å². The van der Waals surface area contributed by atoms with Gasteiger partial charge in [0.05, 0.1) is 0 Å². The third-order valence-electron chi connectivity index (χ3n) is 2.48. The van der Waals surface area contributed by atoms with E-state index in [1.165, 1.54) is 11.8 Å². The maximum atomic E-state index is 11.9. The number of hydrogen-bond donors (Lipinski definition) is 0. The van der Waals surface area contributed by atoms with Gasteiger partial charge in [0, 0.05) is 10.2 Å². The zero-order valence-electron chi connectivity index (χ0n) is 10.4. The molecule has 1 atom stereocenters. The Hall–Kier alpha value is 0.0200. The minimum absolute atomic E-state index is 0.138. The lowest BCUT2D eigenvalue weighted by molar-refractivity contribution is -0.117. The molecule has 0 heterocycles. The van der Waals surface area contributed by atoms with E-state index in [2.05, 4.69) is 20.8 Å². The molecule has 0 aromatic heterocycles. The quantitative estimate of drug-likeness (QED) is 0.698. The minimum Gasteiger partial charge on any atom is -0.287 e. The molecule has 0 aliphatic heterocycles. The summed E-state index contributed by atoms with van der Waals surface area (Å²) in [6.45, 7) is 12.5. The first-order chi connectivity index (χ1) is 6.25. The van der Waals surface area contributed by atoms with Crippen LogP contribution in [0.4, 0.5) is 0 Å². The van der Waals surface area contributed by atoms with E-state index in [4.69, 9.17) is 0 Å². The molecule has 0 radical (unpaired) electrons. The predicted molar refractivity (Wildman–Crippen MR) is 65.7 cm³/mol. The Labute approximate surface area is 93.0 Å². The molecule has 0 amide bonds. The van der Waals surface area contributed by atoms with E-state index >= 15 is 0 Å². The molecule has 84 valence electrons. The van der Waals surface area contributed by atoms with Crippen LogP contribution in [-0.2, 0) is 4.79 Å². The van der Waals surface area contributed by atoms with Crippen LogP contribution in [0.15, 0.2) is 0 Å². The summed E-state index contributed by atoms with van der Waals surface area (Å²) >= 11 is 1.54. The van der Waals surface area contributed by atoms with E-state index in [1.807, 2.05) is 20.8 Å².